The number of amides is 2. The maximum absolute atomic E-state index is 12.3. The largest absolute Gasteiger partial charge is 0.390 e. The number of carbonyl (C=O) groups is 1. The zero-order chi connectivity index (χ0) is 17.2. The zero-order valence-electron chi connectivity index (χ0n) is 14.4. The third-order valence-electron chi connectivity index (χ3n) is 4.95. The predicted molar refractivity (Wildman–Crippen MR) is 93.7 cm³/mol. The fourth-order valence-corrected chi connectivity index (χ4v) is 3.30. The minimum Gasteiger partial charge on any atom is -0.390 e. The van der Waals surface area contributed by atoms with E-state index in [1.54, 1.807) is 11.9 Å². The van der Waals surface area contributed by atoms with Crippen molar-refractivity contribution < 1.29 is 9.90 Å². The maximum Gasteiger partial charge on any atom is 0.317 e. The number of rotatable bonds is 5. The third kappa shape index (κ3) is 3.70. The van der Waals surface area contributed by atoms with E-state index >= 15 is 0 Å². The van der Waals surface area contributed by atoms with E-state index in [4.69, 9.17) is 0 Å². The lowest BCUT2D eigenvalue weighted by molar-refractivity contribution is 0.0330. The molecule has 1 aliphatic rings. The highest BCUT2D eigenvalue weighted by Crippen LogP contribution is 2.32. The Balaban J connectivity index is 1.55. The molecule has 0 saturated heterocycles. The topological polar surface area (TPSA) is 81.2 Å². The second-order valence-corrected chi connectivity index (χ2v) is 6.91. The van der Waals surface area contributed by atoms with Crippen LogP contribution in [0.15, 0.2) is 24.3 Å². The van der Waals surface area contributed by atoms with Gasteiger partial charge in [-0.05, 0) is 38.3 Å². The molecule has 0 radical (unpaired) electrons. The zero-order valence-corrected chi connectivity index (χ0v) is 14.4. The quantitative estimate of drug-likeness (QED) is 0.788. The summed E-state index contributed by atoms with van der Waals surface area (Å²) in [4.78, 5) is 21.7. The molecule has 1 aromatic carbocycles. The average Bonchev–Trinajstić information content (AvgIpc) is 3.19. The van der Waals surface area contributed by atoms with Gasteiger partial charge in [0.25, 0.3) is 0 Å². The molecular formula is C18H26N4O2. The van der Waals surface area contributed by atoms with Gasteiger partial charge in [-0.3, -0.25) is 0 Å². The number of aliphatic hydroxyl groups is 1. The van der Waals surface area contributed by atoms with Crippen LogP contribution < -0.4 is 5.32 Å². The molecule has 0 aliphatic heterocycles. The van der Waals surface area contributed by atoms with Crippen LogP contribution in [0.5, 0.6) is 0 Å². The van der Waals surface area contributed by atoms with E-state index in [0.29, 0.717) is 13.0 Å². The number of aromatic amines is 1. The van der Waals surface area contributed by atoms with Gasteiger partial charge in [-0.25, -0.2) is 9.78 Å². The Bertz CT molecular complexity index is 673. The van der Waals surface area contributed by atoms with E-state index in [9.17, 15) is 9.90 Å². The van der Waals surface area contributed by atoms with Crippen LogP contribution in [0.3, 0.4) is 0 Å². The first-order valence-corrected chi connectivity index (χ1v) is 8.65. The van der Waals surface area contributed by atoms with Crippen molar-refractivity contribution in [2.45, 2.75) is 50.7 Å². The number of hydrogen-bond donors (Lipinski definition) is 3. The van der Waals surface area contributed by atoms with Crippen LogP contribution >= 0.6 is 0 Å². The molecule has 6 nitrogen and oxygen atoms in total. The van der Waals surface area contributed by atoms with Gasteiger partial charge in [0.1, 0.15) is 5.82 Å². The predicted octanol–water partition coefficient (Wildman–Crippen LogP) is 2.96. The van der Waals surface area contributed by atoms with Crippen molar-refractivity contribution in [2.75, 3.05) is 13.6 Å². The van der Waals surface area contributed by atoms with E-state index in [2.05, 4.69) is 15.3 Å². The Hall–Kier alpha value is -2.08. The number of nitrogens with one attached hydrogen (secondary N) is 2. The van der Waals surface area contributed by atoms with E-state index in [-0.39, 0.29) is 12.1 Å². The fraction of sp³-hybridized carbons (Fsp3) is 0.556. The molecule has 2 aromatic rings. The summed E-state index contributed by atoms with van der Waals surface area (Å²) in [5.74, 6) is 0.743. The first-order chi connectivity index (χ1) is 11.5. The van der Waals surface area contributed by atoms with Gasteiger partial charge in [0.05, 0.1) is 22.7 Å². The molecular weight excluding hydrogens is 304 g/mol. The Labute approximate surface area is 142 Å². The molecule has 1 aromatic heterocycles. The van der Waals surface area contributed by atoms with Crippen LogP contribution in [0.4, 0.5) is 4.79 Å². The summed E-state index contributed by atoms with van der Waals surface area (Å²) in [7, 11) is 1.76. The van der Waals surface area contributed by atoms with Crippen LogP contribution in [0.1, 0.15) is 50.9 Å². The molecule has 2 amide bonds. The van der Waals surface area contributed by atoms with Crippen molar-refractivity contribution in [3.05, 3.63) is 30.1 Å². The fourth-order valence-electron chi connectivity index (χ4n) is 3.30. The minimum atomic E-state index is -0.584. The molecule has 3 N–H and O–H groups in total. The normalized spacial score (nSPS) is 17.8. The number of benzene rings is 1. The average molecular weight is 330 g/mol. The van der Waals surface area contributed by atoms with E-state index in [0.717, 1.165) is 42.5 Å². The highest BCUT2D eigenvalue weighted by molar-refractivity contribution is 5.76. The van der Waals surface area contributed by atoms with Crippen molar-refractivity contribution in [3.63, 3.8) is 0 Å². The standard InChI is InChI=1S/C18H26N4O2/c1-13(16-20-14-7-3-4-8-15(14)21-16)19-17(23)22(2)12-11-18(24)9-5-6-10-18/h3-4,7-8,13,24H,5-6,9-12H2,1-2H3,(H,19,23)(H,20,21). The number of imidazole rings is 1. The number of H-pyrrole nitrogens is 1. The number of aromatic nitrogens is 2. The Morgan fingerprint density at radius 3 is 2.83 bits per heavy atom. The van der Waals surface area contributed by atoms with Crippen LogP contribution in [0.25, 0.3) is 11.0 Å². The van der Waals surface area contributed by atoms with Gasteiger partial charge in [-0.2, -0.15) is 0 Å². The van der Waals surface area contributed by atoms with Crippen molar-refractivity contribution in [2.24, 2.45) is 0 Å². The van der Waals surface area contributed by atoms with Crippen LogP contribution in [-0.2, 0) is 0 Å². The molecule has 24 heavy (non-hydrogen) atoms. The second kappa shape index (κ2) is 6.81. The molecule has 1 heterocycles. The molecule has 0 bridgehead atoms. The number of fused-ring (bicyclic) bond motifs is 1. The van der Waals surface area contributed by atoms with Crippen molar-refractivity contribution >= 4 is 17.1 Å². The molecule has 6 heteroatoms. The van der Waals surface area contributed by atoms with Crippen LogP contribution in [0, 0.1) is 0 Å². The summed E-state index contributed by atoms with van der Waals surface area (Å²) in [5, 5.41) is 13.3. The molecule has 0 spiro atoms. The maximum atomic E-state index is 12.3. The molecule has 1 aliphatic carbocycles. The highest BCUT2D eigenvalue weighted by Gasteiger charge is 2.31. The second-order valence-electron chi connectivity index (χ2n) is 6.91. The van der Waals surface area contributed by atoms with Crippen LogP contribution in [-0.4, -0.2) is 45.2 Å². The van der Waals surface area contributed by atoms with Gasteiger partial charge >= 0.3 is 6.03 Å². The lowest BCUT2D eigenvalue weighted by Crippen LogP contribution is -2.41. The van der Waals surface area contributed by atoms with Crippen LogP contribution in [0.2, 0.25) is 0 Å². The number of urea groups is 1. The van der Waals surface area contributed by atoms with Crippen molar-refractivity contribution in [1.29, 1.82) is 0 Å². The Kier molecular flexibility index (Phi) is 4.76. The summed E-state index contributed by atoms with van der Waals surface area (Å²) in [6.07, 6.45) is 4.48. The number of hydrogen-bond acceptors (Lipinski definition) is 3. The summed E-state index contributed by atoms with van der Waals surface area (Å²) in [5.41, 5.74) is 1.27. The van der Waals surface area contributed by atoms with Gasteiger partial charge in [-0.1, -0.05) is 25.0 Å². The summed E-state index contributed by atoms with van der Waals surface area (Å²) in [6.45, 7) is 2.46. The molecule has 130 valence electrons. The number of carbonyl (C=O) groups excluding carboxylic acids is 1. The minimum absolute atomic E-state index is 0.149. The van der Waals surface area contributed by atoms with Gasteiger partial charge in [0, 0.05) is 13.6 Å². The van der Waals surface area contributed by atoms with E-state index in [1.807, 2.05) is 31.2 Å². The van der Waals surface area contributed by atoms with E-state index in [1.165, 1.54) is 0 Å². The Morgan fingerprint density at radius 2 is 2.12 bits per heavy atom. The molecule has 1 saturated carbocycles. The first kappa shape index (κ1) is 16.8. The van der Waals surface area contributed by atoms with Gasteiger partial charge < -0.3 is 20.3 Å². The monoisotopic (exact) mass is 330 g/mol. The molecule has 3 rings (SSSR count). The third-order valence-corrected chi connectivity index (χ3v) is 4.95. The summed E-state index contributed by atoms with van der Waals surface area (Å²) in [6, 6.07) is 7.45. The summed E-state index contributed by atoms with van der Waals surface area (Å²) < 4.78 is 0. The van der Waals surface area contributed by atoms with Gasteiger partial charge in [0.15, 0.2) is 0 Å². The SMILES string of the molecule is CC(NC(=O)N(C)CCC1(O)CCCC1)c1nc2ccccc2[nH]1. The van der Waals surface area contributed by atoms with E-state index < -0.39 is 5.60 Å². The highest BCUT2D eigenvalue weighted by atomic mass is 16.3. The number of nitrogens with zero attached hydrogens (tertiary/aromatic N) is 2. The lowest BCUT2D eigenvalue weighted by atomic mass is 9.98. The molecule has 1 atom stereocenters. The first-order valence-electron chi connectivity index (χ1n) is 8.65. The summed E-state index contributed by atoms with van der Waals surface area (Å²) >= 11 is 0. The van der Waals surface area contributed by atoms with Gasteiger partial charge in [-0.15, -0.1) is 0 Å². The lowest BCUT2D eigenvalue weighted by Gasteiger charge is -2.26. The van der Waals surface area contributed by atoms with Crippen molar-refractivity contribution in [1.82, 2.24) is 20.2 Å². The molecule has 1 unspecified atom stereocenters. The molecule has 1 fully saturated rings. The smallest absolute Gasteiger partial charge is 0.317 e. The van der Waals surface area contributed by atoms with Gasteiger partial charge in [0.2, 0.25) is 0 Å². The van der Waals surface area contributed by atoms with Crippen molar-refractivity contribution in [3.8, 4) is 0 Å². The Morgan fingerprint density at radius 1 is 1.42 bits per heavy atom. The number of para-hydroxylation sites is 2.